The summed E-state index contributed by atoms with van der Waals surface area (Å²) in [6.07, 6.45) is 1.33. The zero-order valence-electron chi connectivity index (χ0n) is 8.92. The highest BCUT2D eigenvalue weighted by molar-refractivity contribution is 5.90. The highest BCUT2D eigenvalue weighted by Crippen LogP contribution is 2.38. The summed E-state index contributed by atoms with van der Waals surface area (Å²) in [5.41, 5.74) is -0.481. The van der Waals surface area contributed by atoms with Crippen LogP contribution in [0.4, 0.5) is 0 Å². The van der Waals surface area contributed by atoms with Crippen molar-refractivity contribution in [3.8, 4) is 0 Å². The minimum absolute atomic E-state index is 0.00333. The number of ether oxygens (including phenoxy) is 1. The molecule has 1 fully saturated rings. The molecule has 14 heavy (non-hydrogen) atoms. The lowest BCUT2D eigenvalue weighted by molar-refractivity contribution is -0.184. The molecule has 0 saturated carbocycles. The van der Waals surface area contributed by atoms with Crippen LogP contribution in [0.2, 0.25) is 0 Å². The lowest BCUT2D eigenvalue weighted by atomic mass is 9.73. The Kier molecular flexibility index (Phi) is 3.13. The summed E-state index contributed by atoms with van der Waals surface area (Å²) >= 11 is 0. The third kappa shape index (κ3) is 1.49. The van der Waals surface area contributed by atoms with Crippen LogP contribution in [0, 0.1) is 5.41 Å². The van der Waals surface area contributed by atoms with Crippen molar-refractivity contribution in [2.24, 2.45) is 5.41 Å². The van der Waals surface area contributed by atoms with Gasteiger partial charge in [-0.05, 0) is 12.8 Å². The Morgan fingerprint density at radius 2 is 2.00 bits per heavy atom. The number of hydrogen-bond donors (Lipinski definition) is 1. The fourth-order valence-corrected chi connectivity index (χ4v) is 1.74. The van der Waals surface area contributed by atoms with Gasteiger partial charge in [0.1, 0.15) is 5.41 Å². The monoisotopic (exact) mass is 199 g/mol. The molecule has 1 saturated heterocycles. The standard InChI is InChI=1S/C10H17NO3/c1-4-7(12)14-9-10(5-2,6-3)8(13)11-9/h9H,4-6H2,1-3H3,(H,11,13)/t9-/m1/s1. The average molecular weight is 199 g/mol. The van der Waals surface area contributed by atoms with Gasteiger partial charge in [0.05, 0.1) is 0 Å². The van der Waals surface area contributed by atoms with E-state index in [2.05, 4.69) is 5.32 Å². The van der Waals surface area contributed by atoms with E-state index in [0.29, 0.717) is 19.3 Å². The maximum absolute atomic E-state index is 11.4. The van der Waals surface area contributed by atoms with Crippen molar-refractivity contribution >= 4 is 11.9 Å². The van der Waals surface area contributed by atoms with Crippen LogP contribution in [-0.4, -0.2) is 18.1 Å². The highest BCUT2D eigenvalue weighted by atomic mass is 16.6. The number of hydrogen-bond acceptors (Lipinski definition) is 3. The van der Waals surface area contributed by atoms with Crippen LogP contribution in [0.5, 0.6) is 0 Å². The average Bonchev–Trinajstić information content (AvgIpc) is 2.19. The second-order valence-electron chi connectivity index (χ2n) is 3.56. The van der Waals surface area contributed by atoms with E-state index in [0.717, 1.165) is 0 Å². The zero-order valence-corrected chi connectivity index (χ0v) is 8.92. The van der Waals surface area contributed by atoms with Crippen LogP contribution in [0.3, 0.4) is 0 Å². The Balaban J connectivity index is 2.64. The molecule has 0 bridgehead atoms. The van der Waals surface area contributed by atoms with Gasteiger partial charge < -0.3 is 10.1 Å². The molecule has 1 atom stereocenters. The van der Waals surface area contributed by atoms with E-state index in [1.54, 1.807) is 6.92 Å². The number of esters is 1. The van der Waals surface area contributed by atoms with Crippen LogP contribution >= 0.6 is 0 Å². The van der Waals surface area contributed by atoms with Crippen LogP contribution in [0.25, 0.3) is 0 Å². The van der Waals surface area contributed by atoms with E-state index in [-0.39, 0.29) is 11.9 Å². The van der Waals surface area contributed by atoms with Gasteiger partial charge in [-0.15, -0.1) is 0 Å². The van der Waals surface area contributed by atoms with Gasteiger partial charge in [0.25, 0.3) is 0 Å². The first kappa shape index (κ1) is 11.0. The third-order valence-electron chi connectivity index (χ3n) is 3.02. The molecule has 1 N–H and O–H groups in total. The Hall–Kier alpha value is -1.06. The summed E-state index contributed by atoms with van der Waals surface area (Å²) in [6.45, 7) is 5.62. The van der Waals surface area contributed by atoms with Crippen LogP contribution in [0.15, 0.2) is 0 Å². The highest BCUT2D eigenvalue weighted by Gasteiger charge is 2.54. The van der Waals surface area contributed by atoms with Gasteiger partial charge in [0, 0.05) is 6.42 Å². The van der Waals surface area contributed by atoms with E-state index in [9.17, 15) is 9.59 Å². The van der Waals surface area contributed by atoms with Gasteiger partial charge in [0.15, 0.2) is 6.23 Å². The maximum Gasteiger partial charge on any atom is 0.307 e. The number of rotatable bonds is 4. The Bertz CT molecular complexity index is 246. The number of carbonyl (C=O) groups excluding carboxylic acids is 2. The molecule has 4 heteroatoms. The lowest BCUT2D eigenvalue weighted by Crippen LogP contribution is -2.68. The Labute approximate surface area is 84.0 Å². The number of β-lactam (4-membered cyclic amide) rings is 1. The summed E-state index contributed by atoms with van der Waals surface area (Å²) in [6, 6.07) is 0. The van der Waals surface area contributed by atoms with Crippen molar-refractivity contribution in [1.29, 1.82) is 0 Å². The minimum atomic E-state index is -0.481. The molecule has 1 heterocycles. The molecule has 0 aromatic carbocycles. The molecule has 4 nitrogen and oxygen atoms in total. The second-order valence-corrected chi connectivity index (χ2v) is 3.56. The van der Waals surface area contributed by atoms with E-state index in [4.69, 9.17) is 4.74 Å². The molecule has 1 aliphatic heterocycles. The molecule has 1 aliphatic rings. The van der Waals surface area contributed by atoms with Crippen molar-refractivity contribution in [3.05, 3.63) is 0 Å². The molecule has 1 amide bonds. The smallest absolute Gasteiger partial charge is 0.307 e. The summed E-state index contributed by atoms with van der Waals surface area (Å²) in [5, 5.41) is 2.62. The molecule has 0 unspecified atom stereocenters. The van der Waals surface area contributed by atoms with Gasteiger partial charge in [0.2, 0.25) is 5.91 Å². The van der Waals surface area contributed by atoms with Gasteiger partial charge in [-0.3, -0.25) is 9.59 Å². The van der Waals surface area contributed by atoms with Crippen molar-refractivity contribution in [3.63, 3.8) is 0 Å². The molecule has 0 radical (unpaired) electrons. The first-order valence-electron chi connectivity index (χ1n) is 5.11. The van der Waals surface area contributed by atoms with E-state index >= 15 is 0 Å². The van der Waals surface area contributed by atoms with Crippen molar-refractivity contribution in [2.45, 2.75) is 46.3 Å². The topological polar surface area (TPSA) is 55.4 Å². The van der Waals surface area contributed by atoms with Crippen LogP contribution in [0.1, 0.15) is 40.0 Å². The van der Waals surface area contributed by atoms with Crippen molar-refractivity contribution in [1.82, 2.24) is 5.32 Å². The third-order valence-corrected chi connectivity index (χ3v) is 3.02. The molecular formula is C10H17NO3. The van der Waals surface area contributed by atoms with Crippen molar-refractivity contribution < 1.29 is 14.3 Å². The van der Waals surface area contributed by atoms with Crippen LogP contribution in [-0.2, 0) is 14.3 Å². The van der Waals surface area contributed by atoms with Gasteiger partial charge in [-0.25, -0.2) is 0 Å². The van der Waals surface area contributed by atoms with E-state index in [1.807, 2.05) is 13.8 Å². The number of nitrogens with one attached hydrogen (secondary N) is 1. The molecule has 0 aliphatic carbocycles. The zero-order chi connectivity index (χ0) is 10.8. The molecule has 80 valence electrons. The predicted octanol–water partition coefficient (Wildman–Crippen LogP) is 1.20. The predicted molar refractivity (Wildman–Crippen MR) is 51.3 cm³/mol. The summed E-state index contributed by atoms with van der Waals surface area (Å²) in [4.78, 5) is 22.5. The largest absolute Gasteiger partial charge is 0.440 e. The SMILES string of the molecule is CCC(=O)O[C@H]1NC(=O)C1(CC)CC. The van der Waals surface area contributed by atoms with E-state index < -0.39 is 11.6 Å². The van der Waals surface area contributed by atoms with Gasteiger partial charge >= 0.3 is 5.97 Å². The Morgan fingerprint density at radius 1 is 1.43 bits per heavy atom. The molecular weight excluding hydrogens is 182 g/mol. The van der Waals surface area contributed by atoms with Gasteiger partial charge in [-0.1, -0.05) is 20.8 Å². The molecule has 0 spiro atoms. The number of amides is 1. The second kappa shape index (κ2) is 3.98. The molecule has 0 aromatic rings. The van der Waals surface area contributed by atoms with Crippen molar-refractivity contribution in [2.75, 3.05) is 0 Å². The quantitative estimate of drug-likeness (QED) is 0.546. The lowest BCUT2D eigenvalue weighted by Gasteiger charge is -2.46. The first-order valence-corrected chi connectivity index (χ1v) is 5.11. The summed E-state index contributed by atoms with van der Waals surface area (Å²) < 4.78 is 5.13. The van der Waals surface area contributed by atoms with Gasteiger partial charge in [-0.2, -0.15) is 0 Å². The maximum atomic E-state index is 11.4. The Morgan fingerprint density at radius 3 is 2.36 bits per heavy atom. The van der Waals surface area contributed by atoms with E-state index in [1.165, 1.54) is 0 Å². The molecule has 0 aromatic heterocycles. The summed E-state index contributed by atoms with van der Waals surface area (Å²) in [7, 11) is 0. The fourth-order valence-electron chi connectivity index (χ4n) is 1.74. The first-order chi connectivity index (χ1) is 6.60. The fraction of sp³-hybridized carbons (Fsp3) is 0.800. The van der Waals surface area contributed by atoms with Crippen LogP contribution < -0.4 is 5.32 Å². The number of carbonyl (C=O) groups is 2. The molecule has 1 rings (SSSR count). The normalized spacial score (nSPS) is 23.6. The summed E-state index contributed by atoms with van der Waals surface area (Å²) in [5.74, 6) is -0.266. The minimum Gasteiger partial charge on any atom is -0.440 e.